The van der Waals surface area contributed by atoms with Gasteiger partial charge in [-0.2, -0.15) is 0 Å². The molecule has 0 unspecified atom stereocenters. The molecule has 0 saturated heterocycles. The minimum absolute atomic E-state index is 0.746. The lowest BCUT2D eigenvalue weighted by atomic mass is 9.98. The number of methoxy groups -OCH3 is 2. The second-order valence-corrected chi connectivity index (χ2v) is 6.06. The minimum Gasteiger partial charge on any atom is -0.493 e. The van der Waals surface area contributed by atoms with Crippen molar-refractivity contribution in [2.24, 2.45) is 0 Å². The van der Waals surface area contributed by atoms with Crippen LogP contribution in [0.3, 0.4) is 0 Å². The van der Waals surface area contributed by atoms with Crippen molar-refractivity contribution < 1.29 is 9.47 Å². The monoisotopic (exact) mass is 351 g/mol. The van der Waals surface area contributed by atoms with Crippen molar-refractivity contribution in [3.63, 3.8) is 0 Å². The summed E-state index contributed by atoms with van der Waals surface area (Å²) in [5.74, 6) is 1.50. The lowest BCUT2D eigenvalue weighted by Crippen LogP contribution is -2.17. The Balaban J connectivity index is 1.71. The van der Waals surface area contributed by atoms with Gasteiger partial charge >= 0.3 is 0 Å². The van der Waals surface area contributed by atoms with Gasteiger partial charge in [0, 0.05) is 25.5 Å². The van der Waals surface area contributed by atoms with Crippen LogP contribution in [0.1, 0.15) is 12.0 Å². The van der Waals surface area contributed by atoms with Crippen molar-refractivity contribution in [3.05, 3.63) is 66.7 Å². The van der Waals surface area contributed by atoms with Crippen molar-refractivity contribution in [2.75, 3.05) is 20.8 Å². The van der Waals surface area contributed by atoms with Crippen LogP contribution in [0.5, 0.6) is 11.5 Å². The number of nitrogens with one attached hydrogen (secondary N) is 1. The van der Waals surface area contributed by atoms with E-state index in [2.05, 4.69) is 39.1 Å². The molecule has 3 aromatic rings. The quantitative estimate of drug-likeness (QED) is 0.597. The summed E-state index contributed by atoms with van der Waals surface area (Å²) in [6.07, 6.45) is 6.69. The maximum Gasteiger partial charge on any atom is 0.161 e. The van der Waals surface area contributed by atoms with E-state index in [9.17, 15) is 0 Å². The van der Waals surface area contributed by atoms with E-state index in [1.807, 2.05) is 36.9 Å². The fourth-order valence-corrected chi connectivity index (χ4v) is 2.98. The average Bonchev–Trinajstić information content (AvgIpc) is 3.21. The second-order valence-electron chi connectivity index (χ2n) is 6.06. The van der Waals surface area contributed by atoms with Gasteiger partial charge in [-0.1, -0.05) is 30.3 Å². The highest BCUT2D eigenvalue weighted by atomic mass is 16.5. The summed E-state index contributed by atoms with van der Waals surface area (Å²) in [7, 11) is 3.34. The minimum atomic E-state index is 0.746. The molecule has 1 N–H and O–H groups in total. The third-order valence-electron chi connectivity index (χ3n) is 4.34. The Morgan fingerprint density at radius 1 is 1.04 bits per heavy atom. The van der Waals surface area contributed by atoms with Gasteiger partial charge in [-0.15, -0.1) is 0 Å². The van der Waals surface area contributed by atoms with Gasteiger partial charge in [-0.05, 0) is 41.8 Å². The topological polar surface area (TPSA) is 48.3 Å². The zero-order chi connectivity index (χ0) is 18.2. The van der Waals surface area contributed by atoms with Crippen LogP contribution in [0.2, 0.25) is 0 Å². The summed E-state index contributed by atoms with van der Waals surface area (Å²) in [5.41, 5.74) is 3.52. The summed E-state index contributed by atoms with van der Waals surface area (Å²) >= 11 is 0. The van der Waals surface area contributed by atoms with Gasteiger partial charge in [0.15, 0.2) is 11.5 Å². The molecule has 1 heterocycles. The number of ether oxygens (including phenoxy) is 2. The molecule has 1 aromatic heterocycles. The van der Waals surface area contributed by atoms with Gasteiger partial charge in [0.2, 0.25) is 0 Å². The molecule has 136 valence electrons. The highest BCUT2D eigenvalue weighted by Gasteiger charge is 2.12. The normalized spacial score (nSPS) is 10.7. The van der Waals surface area contributed by atoms with E-state index in [0.29, 0.717) is 0 Å². The van der Waals surface area contributed by atoms with Gasteiger partial charge in [0.1, 0.15) is 0 Å². The first-order valence-electron chi connectivity index (χ1n) is 8.78. The maximum absolute atomic E-state index is 5.48. The third kappa shape index (κ3) is 4.43. The van der Waals surface area contributed by atoms with Gasteiger partial charge in [-0.3, -0.25) is 0 Å². The van der Waals surface area contributed by atoms with Crippen LogP contribution in [0.25, 0.3) is 11.1 Å². The molecular formula is C21H25N3O2. The molecule has 0 aliphatic rings. The Bertz CT molecular complexity index is 802. The Morgan fingerprint density at radius 2 is 1.81 bits per heavy atom. The summed E-state index contributed by atoms with van der Waals surface area (Å²) < 4.78 is 13.1. The number of imidazole rings is 1. The van der Waals surface area contributed by atoms with Crippen molar-refractivity contribution in [2.45, 2.75) is 19.5 Å². The van der Waals surface area contributed by atoms with Crippen molar-refractivity contribution in [1.82, 2.24) is 14.9 Å². The van der Waals surface area contributed by atoms with E-state index in [1.54, 1.807) is 14.2 Å². The zero-order valence-electron chi connectivity index (χ0n) is 15.3. The molecule has 0 aliphatic heterocycles. The smallest absolute Gasteiger partial charge is 0.161 e. The highest BCUT2D eigenvalue weighted by molar-refractivity contribution is 5.71. The van der Waals surface area contributed by atoms with Crippen LogP contribution in [-0.4, -0.2) is 30.3 Å². The molecule has 5 heteroatoms. The molecule has 0 aliphatic carbocycles. The number of rotatable bonds is 9. The van der Waals surface area contributed by atoms with Crippen LogP contribution in [0, 0.1) is 0 Å². The fraction of sp³-hybridized carbons (Fsp3) is 0.286. The Hall–Kier alpha value is -2.79. The Kier molecular flexibility index (Phi) is 6.28. The number of benzene rings is 2. The maximum atomic E-state index is 5.48. The van der Waals surface area contributed by atoms with E-state index >= 15 is 0 Å². The lowest BCUT2D eigenvalue weighted by Gasteiger charge is -2.16. The van der Waals surface area contributed by atoms with Crippen LogP contribution in [0.15, 0.2) is 61.2 Å². The number of aryl methyl sites for hydroxylation is 1. The first-order valence-corrected chi connectivity index (χ1v) is 8.78. The first-order chi connectivity index (χ1) is 12.8. The van der Waals surface area contributed by atoms with Crippen LogP contribution in [0.4, 0.5) is 0 Å². The van der Waals surface area contributed by atoms with Crippen molar-refractivity contribution >= 4 is 0 Å². The average molecular weight is 351 g/mol. The molecule has 0 amide bonds. The Labute approximate surface area is 154 Å². The van der Waals surface area contributed by atoms with E-state index in [1.165, 1.54) is 11.1 Å². The molecule has 0 fully saturated rings. The number of aromatic nitrogens is 2. The molecule has 26 heavy (non-hydrogen) atoms. The predicted octanol–water partition coefficient (Wildman–Crippen LogP) is 3.75. The lowest BCUT2D eigenvalue weighted by molar-refractivity contribution is 0.354. The van der Waals surface area contributed by atoms with E-state index in [4.69, 9.17) is 9.47 Å². The van der Waals surface area contributed by atoms with Crippen molar-refractivity contribution in [1.29, 1.82) is 0 Å². The Morgan fingerprint density at radius 3 is 2.50 bits per heavy atom. The number of nitrogens with zero attached hydrogens (tertiary/aromatic N) is 2. The molecule has 2 aromatic carbocycles. The SMILES string of the molecule is COc1cc(CNCCCn2ccnc2)c(-c2ccccc2)cc1OC. The van der Waals surface area contributed by atoms with Crippen LogP contribution < -0.4 is 14.8 Å². The molecule has 3 rings (SSSR count). The van der Waals surface area contributed by atoms with Crippen molar-refractivity contribution in [3.8, 4) is 22.6 Å². The van der Waals surface area contributed by atoms with E-state index in [0.717, 1.165) is 43.1 Å². The van der Waals surface area contributed by atoms with E-state index in [-0.39, 0.29) is 0 Å². The fourth-order valence-electron chi connectivity index (χ4n) is 2.98. The largest absolute Gasteiger partial charge is 0.493 e. The number of hydrogen-bond acceptors (Lipinski definition) is 4. The van der Waals surface area contributed by atoms with Crippen LogP contribution >= 0.6 is 0 Å². The standard InChI is InChI=1S/C21H25N3O2/c1-25-20-13-18(15-22-9-6-11-24-12-10-23-16-24)19(14-21(20)26-2)17-7-4-3-5-8-17/h3-5,7-8,10,12-14,16,22H,6,9,11,15H2,1-2H3. The van der Waals surface area contributed by atoms with Gasteiger partial charge in [0.05, 0.1) is 20.5 Å². The van der Waals surface area contributed by atoms with Gasteiger partial charge < -0.3 is 19.4 Å². The third-order valence-corrected chi connectivity index (χ3v) is 4.34. The molecule has 0 atom stereocenters. The summed E-state index contributed by atoms with van der Waals surface area (Å²) in [4.78, 5) is 4.07. The number of hydrogen-bond donors (Lipinski definition) is 1. The zero-order valence-corrected chi connectivity index (χ0v) is 15.3. The molecule has 5 nitrogen and oxygen atoms in total. The summed E-state index contributed by atoms with van der Waals surface area (Å²) in [6.45, 7) is 2.67. The molecule has 0 saturated carbocycles. The molecular weight excluding hydrogens is 326 g/mol. The summed E-state index contributed by atoms with van der Waals surface area (Å²) in [5, 5.41) is 3.53. The summed E-state index contributed by atoms with van der Waals surface area (Å²) in [6, 6.07) is 14.5. The second kappa shape index (κ2) is 9.06. The molecule has 0 bridgehead atoms. The van der Waals surface area contributed by atoms with Gasteiger partial charge in [0.25, 0.3) is 0 Å². The van der Waals surface area contributed by atoms with Crippen LogP contribution in [-0.2, 0) is 13.1 Å². The molecule has 0 spiro atoms. The van der Waals surface area contributed by atoms with E-state index < -0.39 is 0 Å². The molecule has 0 radical (unpaired) electrons. The first kappa shape index (κ1) is 18.0. The highest BCUT2D eigenvalue weighted by Crippen LogP contribution is 2.35. The van der Waals surface area contributed by atoms with Gasteiger partial charge in [-0.25, -0.2) is 4.98 Å². The predicted molar refractivity (Wildman–Crippen MR) is 104 cm³/mol.